The van der Waals surface area contributed by atoms with Crippen molar-refractivity contribution in [2.45, 2.75) is 13.0 Å². The van der Waals surface area contributed by atoms with E-state index in [9.17, 15) is 9.59 Å². The van der Waals surface area contributed by atoms with Gasteiger partial charge in [-0.3, -0.25) is 0 Å². The Labute approximate surface area is 81.6 Å². The summed E-state index contributed by atoms with van der Waals surface area (Å²) in [6, 6.07) is -0.534. The number of hydrogen-bond donors (Lipinski definition) is 4. The Kier molecular flexibility index (Phi) is 5.31. The van der Waals surface area contributed by atoms with E-state index >= 15 is 0 Å². The largest absolute Gasteiger partial charge is 0.479 e. The van der Waals surface area contributed by atoms with E-state index in [2.05, 4.69) is 17.2 Å². The lowest BCUT2D eigenvalue weighted by molar-refractivity contribution is -0.146. The van der Waals surface area contributed by atoms with E-state index in [1.165, 1.54) is 0 Å². The molecular formula is C8H14N2O4. The quantitative estimate of drug-likeness (QED) is 0.443. The van der Waals surface area contributed by atoms with Crippen molar-refractivity contribution >= 4 is 12.0 Å². The van der Waals surface area contributed by atoms with Gasteiger partial charge in [0.15, 0.2) is 6.10 Å². The van der Waals surface area contributed by atoms with Gasteiger partial charge in [0, 0.05) is 6.54 Å². The van der Waals surface area contributed by atoms with Crippen LogP contribution in [0.4, 0.5) is 4.79 Å². The second-order valence-electron chi connectivity index (χ2n) is 2.87. The maximum absolute atomic E-state index is 10.9. The van der Waals surface area contributed by atoms with Gasteiger partial charge in [0.2, 0.25) is 0 Å². The average Bonchev–Trinajstić information content (AvgIpc) is 2.10. The number of nitrogens with one attached hydrogen (secondary N) is 2. The Hall–Kier alpha value is -1.56. The molecule has 6 heteroatoms. The summed E-state index contributed by atoms with van der Waals surface area (Å²) in [6.07, 6.45) is -1.58. The molecule has 0 aromatic rings. The van der Waals surface area contributed by atoms with Crippen molar-refractivity contribution in [3.63, 3.8) is 0 Å². The summed E-state index contributed by atoms with van der Waals surface area (Å²) in [6.45, 7) is 5.30. The van der Waals surface area contributed by atoms with Gasteiger partial charge in [0.05, 0.1) is 6.54 Å². The first-order valence-corrected chi connectivity index (χ1v) is 4.00. The van der Waals surface area contributed by atoms with Crippen molar-refractivity contribution in [3.8, 4) is 0 Å². The minimum atomic E-state index is -1.58. The van der Waals surface area contributed by atoms with Gasteiger partial charge in [0.1, 0.15) is 0 Å². The number of aliphatic hydroxyl groups is 1. The van der Waals surface area contributed by atoms with Crippen molar-refractivity contribution in [1.29, 1.82) is 0 Å². The van der Waals surface area contributed by atoms with Crippen LogP contribution in [0.2, 0.25) is 0 Å². The Morgan fingerprint density at radius 3 is 2.43 bits per heavy atom. The zero-order valence-electron chi connectivity index (χ0n) is 7.91. The molecule has 6 nitrogen and oxygen atoms in total. The number of hydrogen-bond acceptors (Lipinski definition) is 3. The Morgan fingerprint density at radius 2 is 2.00 bits per heavy atom. The molecule has 0 aromatic heterocycles. The third kappa shape index (κ3) is 6.01. The minimum absolute atomic E-state index is 0.314. The van der Waals surface area contributed by atoms with Gasteiger partial charge < -0.3 is 20.8 Å². The van der Waals surface area contributed by atoms with E-state index in [1.807, 2.05) is 0 Å². The van der Waals surface area contributed by atoms with Gasteiger partial charge in [-0.25, -0.2) is 9.59 Å². The number of amides is 2. The maximum Gasteiger partial charge on any atom is 0.334 e. The molecule has 14 heavy (non-hydrogen) atoms. The summed E-state index contributed by atoms with van der Waals surface area (Å²) in [5.74, 6) is -1.37. The van der Waals surface area contributed by atoms with Crippen LogP contribution in [0.5, 0.6) is 0 Å². The molecule has 80 valence electrons. The minimum Gasteiger partial charge on any atom is -0.479 e. The molecule has 0 aliphatic heterocycles. The van der Waals surface area contributed by atoms with Crippen LogP contribution < -0.4 is 10.6 Å². The molecule has 0 spiro atoms. The third-order valence-corrected chi connectivity index (χ3v) is 1.29. The Morgan fingerprint density at radius 1 is 1.43 bits per heavy atom. The molecule has 0 radical (unpaired) electrons. The zero-order valence-corrected chi connectivity index (χ0v) is 7.91. The van der Waals surface area contributed by atoms with Gasteiger partial charge in [0.25, 0.3) is 0 Å². The summed E-state index contributed by atoms with van der Waals surface area (Å²) in [4.78, 5) is 21.0. The van der Waals surface area contributed by atoms with E-state index in [1.54, 1.807) is 6.92 Å². The number of rotatable bonds is 5. The lowest BCUT2D eigenvalue weighted by Gasteiger charge is -2.08. The fourth-order valence-corrected chi connectivity index (χ4v) is 0.570. The number of carbonyl (C=O) groups excluding carboxylic acids is 1. The van der Waals surface area contributed by atoms with Gasteiger partial charge in [-0.1, -0.05) is 12.2 Å². The lowest BCUT2D eigenvalue weighted by atomic mass is 10.3. The number of urea groups is 1. The summed E-state index contributed by atoms with van der Waals surface area (Å²) >= 11 is 0. The lowest BCUT2D eigenvalue weighted by Crippen LogP contribution is -2.42. The summed E-state index contributed by atoms with van der Waals surface area (Å²) < 4.78 is 0. The highest BCUT2D eigenvalue weighted by molar-refractivity contribution is 5.76. The van der Waals surface area contributed by atoms with Crippen LogP contribution in [-0.2, 0) is 4.79 Å². The molecule has 0 saturated carbocycles. The smallest absolute Gasteiger partial charge is 0.334 e. The van der Waals surface area contributed by atoms with Crippen molar-refractivity contribution in [2.24, 2.45) is 0 Å². The SMILES string of the molecule is C=C(C)CNC(=O)NC[C@H](O)C(=O)O. The van der Waals surface area contributed by atoms with Gasteiger partial charge in [-0.2, -0.15) is 0 Å². The van der Waals surface area contributed by atoms with Crippen molar-refractivity contribution in [2.75, 3.05) is 13.1 Å². The van der Waals surface area contributed by atoms with E-state index in [0.717, 1.165) is 5.57 Å². The first kappa shape index (κ1) is 12.4. The molecule has 0 saturated heterocycles. The number of aliphatic carboxylic acids is 1. The van der Waals surface area contributed by atoms with Crippen LogP contribution in [0.3, 0.4) is 0 Å². The van der Waals surface area contributed by atoms with Crippen LogP contribution >= 0.6 is 0 Å². The molecule has 0 aliphatic rings. The van der Waals surface area contributed by atoms with Crippen molar-refractivity contribution < 1.29 is 19.8 Å². The van der Waals surface area contributed by atoms with Crippen LogP contribution in [0.15, 0.2) is 12.2 Å². The molecule has 2 amide bonds. The normalized spacial score (nSPS) is 11.6. The summed E-state index contributed by atoms with van der Waals surface area (Å²) in [5, 5.41) is 21.7. The van der Waals surface area contributed by atoms with E-state index < -0.39 is 18.1 Å². The molecular weight excluding hydrogens is 188 g/mol. The molecule has 0 aromatic carbocycles. The molecule has 4 N–H and O–H groups in total. The molecule has 0 heterocycles. The molecule has 0 rings (SSSR count). The van der Waals surface area contributed by atoms with E-state index in [4.69, 9.17) is 10.2 Å². The Bertz CT molecular complexity index is 239. The monoisotopic (exact) mass is 202 g/mol. The number of aliphatic hydroxyl groups excluding tert-OH is 1. The predicted octanol–water partition coefficient (Wildman–Crippen LogP) is -0.693. The van der Waals surface area contributed by atoms with Gasteiger partial charge in [-0.15, -0.1) is 0 Å². The number of carboxylic acid groups (broad SMARTS) is 1. The van der Waals surface area contributed by atoms with Crippen molar-refractivity contribution in [3.05, 3.63) is 12.2 Å². The number of carbonyl (C=O) groups is 2. The second kappa shape index (κ2) is 5.98. The molecule has 1 atom stereocenters. The first-order chi connectivity index (χ1) is 6.43. The van der Waals surface area contributed by atoms with Gasteiger partial charge >= 0.3 is 12.0 Å². The second-order valence-corrected chi connectivity index (χ2v) is 2.87. The van der Waals surface area contributed by atoms with E-state index in [-0.39, 0.29) is 6.54 Å². The standard InChI is InChI=1S/C8H14N2O4/c1-5(2)3-9-8(14)10-4-6(11)7(12)13/h6,11H,1,3-4H2,2H3,(H,12,13)(H2,9,10,14)/t6-/m0/s1. The van der Waals surface area contributed by atoms with Crippen molar-refractivity contribution in [1.82, 2.24) is 10.6 Å². The molecule has 0 bridgehead atoms. The van der Waals surface area contributed by atoms with Crippen LogP contribution in [-0.4, -0.2) is 41.4 Å². The van der Waals surface area contributed by atoms with Crippen LogP contribution in [0, 0.1) is 0 Å². The maximum atomic E-state index is 10.9. The molecule has 0 aliphatic carbocycles. The third-order valence-electron chi connectivity index (χ3n) is 1.29. The fraction of sp³-hybridized carbons (Fsp3) is 0.500. The first-order valence-electron chi connectivity index (χ1n) is 4.00. The highest BCUT2D eigenvalue weighted by Crippen LogP contribution is 1.82. The van der Waals surface area contributed by atoms with Crippen LogP contribution in [0.1, 0.15) is 6.92 Å². The highest BCUT2D eigenvalue weighted by Gasteiger charge is 2.13. The zero-order chi connectivity index (χ0) is 11.1. The van der Waals surface area contributed by atoms with E-state index in [0.29, 0.717) is 6.54 Å². The van der Waals surface area contributed by atoms with Crippen LogP contribution in [0.25, 0.3) is 0 Å². The number of carboxylic acids is 1. The fourth-order valence-electron chi connectivity index (χ4n) is 0.570. The molecule has 0 fully saturated rings. The van der Waals surface area contributed by atoms with Gasteiger partial charge in [-0.05, 0) is 6.92 Å². The highest BCUT2D eigenvalue weighted by atomic mass is 16.4. The summed E-state index contributed by atoms with van der Waals surface area (Å²) in [7, 11) is 0. The Balaban J connectivity index is 3.64. The topological polar surface area (TPSA) is 98.7 Å². The summed E-state index contributed by atoms with van der Waals surface area (Å²) in [5.41, 5.74) is 0.777. The predicted molar refractivity (Wildman–Crippen MR) is 49.9 cm³/mol. The molecule has 0 unspecified atom stereocenters. The average molecular weight is 202 g/mol.